The summed E-state index contributed by atoms with van der Waals surface area (Å²) in [5.74, 6) is -0.328. The van der Waals surface area contributed by atoms with Gasteiger partial charge < -0.3 is 9.80 Å². The summed E-state index contributed by atoms with van der Waals surface area (Å²) in [7, 11) is 2.05. The van der Waals surface area contributed by atoms with Crippen LogP contribution in [-0.4, -0.2) is 56.0 Å². The van der Waals surface area contributed by atoms with Crippen LogP contribution in [0.2, 0.25) is 0 Å². The van der Waals surface area contributed by atoms with Crippen LogP contribution < -0.4 is 4.90 Å². The number of carbonyl (C=O) groups is 1. The molecule has 0 saturated carbocycles. The zero-order chi connectivity index (χ0) is 19.8. The van der Waals surface area contributed by atoms with Gasteiger partial charge in [0.15, 0.2) is 5.69 Å². The van der Waals surface area contributed by atoms with Crippen LogP contribution in [0.1, 0.15) is 16.1 Å². The smallest absolute Gasteiger partial charge is 0.274 e. The zero-order valence-corrected chi connectivity index (χ0v) is 16.6. The molecule has 1 aromatic carbocycles. The summed E-state index contributed by atoms with van der Waals surface area (Å²) in [4.78, 5) is 20.6. The van der Waals surface area contributed by atoms with Crippen LogP contribution in [0.25, 0.3) is 5.52 Å². The number of anilines is 1. The first-order valence-corrected chi connectivity index (χ1v) is 10.3. The summed E-state index contributed by atoms with van der Waals surface area (Å²) in [6, 6.07) is 13.0. The summed E-state index contributed by atoms with van der Waals surface area (Å²) < 4.78 is 25.5. The molecule has 0 spiro atoms. The molecule has 0 saturated heterocycles. The molecule has 7 nitrogen and oxygen atoms in total. The molecule has 3 aromatic rings. The van der Waals surface area contributed by atoms with Crippen molar-refractivity contribution >= 4 is 26.9 Å². The third kappa shape index (κ3) is 3.80. The number of imidazole rings is 1. The zero-order valence-electron chi connectivity index (χ0n) is 15.7. The van der Waals surface area contributed by atoms with Crippen LogP contribution in [0.3, 0.4) is 0 Å². The molecule has 2 aromatic heterocycles. The van der Waals surface area contributed by atoms with Gasteiger partial charge in [-0.2, -0.15) is 0 Å². The maximum absolute atomic E-state index is 12.9. The highest BCUT2D eigenvalue weighted by Crippen LogP contribution is 2.19. The van der Waals surface area contributed by atoms with Crippen LogP contribution >= 0.6 is 0 Å². The molecule has 0 aliphatic heterocycles. The summed E-state index contributed by atoms with van der Waals surface area (Å²) in [6.07, 6.45) is 2.68. The summed E-state index contributed by atoms with van der Waals surface area (Å²) >= 11 is 0. The number of pyridine rings is 1. The normalized spacial score (nSPS) is 11.6. The first-order valence-electron chi connectivity index (χ1n) is 8.37. The molecule has 0 aliphatic rings. The average molecular weight is 386 g/mol. The number of fused-ring (bicyclic) bond motifs is 1. The summed E-state index contributed by atoms with van der Waals surface area (Å²) in [5.41, 5.74) is 2.65. The van der Waals surface area contributed by atoms with Crippen molar-refractivity contribution in [1.82, 2.24) is 14.3 Å². The molecule has 27 heavy (non-hydrogen) atoms. The highest BCUT2D eigenvalue weighted by molar-refractivity contribution is 7.90. The topological polar surface area (TPSA) is 75.0 Å². The average Bonchev–Trinajstić information content (AvgIpc) is 3.01. The number of benzene rings is 1. The van der Waals surface area contributed by atoms with E-state index in [2.05, 4.69) is 4.98 Å². The SMILES string of the molecule is CN(Cc1ccc(N(C)C)cc1)C(=O)c1nc(S(C)(=O)=O)n2ccccc12. The second-order valence-corrected chi connectivity index (χ2v) is 8.60. The fourth-order valence-corrected chi connectivity index (χ4v) is 3.63. The lowest BCUT2D eigenvalue weighted by molar-refractivity contribution is 0.0781. The molecule has 0 fully saturated rings. The molecule has 0 atom stereocenters. The summed E-state index contributed by atoms with van der Waals surface area (Å²) in [6.45, 7) is 0.395. The molecule has 2 heterocycles. The third-order valence-corrected chi connectivity index (χ3v) is 5.22. The molecular formula is C19H22N4O3S. The Morgan fingerprint density at radius 2 is 1.74 bits per heavy atom. The van der Waals surface area contributed by atoms with E-state index in [1.54, 1.807) is 31.4 Å². The first-order chi connectivity index (χ1) is 12.7. The number of hydrogen-bond donors (Lipinski definition) is 0. The Labute approximate surface area is 158 Å². The van der Waals surface area contributed by atoms with Gasteiger partial charge in [0.05, 0.1) is 5.52 Å². The Balaban J connectivity index is 1.91. The lowest BCUT2D eigenvalue weighted by atomic mass is 10.2. The molecule has 3 rings (SSSR count). The number of carbonyl (C=O) groups excluding carboxylic acids is 1. The van der Waals surface area contributed by atoms with Gasteiger partial charge in [0, 0.05) is 45.8 Å². The number of sulfone groups is 1. The fraction of sp³-hybridized carbons (Fsp3) is 0.263. The quantitative estimate of drug-likeness (QED) is 0.671. The molecule has 8 heteroatoms. The maximum Gasteiger partial charge on any atom is 0.274 e. The fourth-order valence-electron chi connectivity index (χ4n) is 2.85. The van der Waals surface area contributed by atoms with Gasteiger partial charge in [-0.3, -0.25) is 9.20 Å². The minimum Gasteiger partial charge on any atom is -0.378 e. The predicted octanol–water partition coefficient (Wildman–Crippen LogP) is 2.08. The van der Waals surface area contributed by atoms with E-state index in [1.807, 2.05) is 43.3 Å². The van der Waals surface area contributed by atoms with Crippen LogP contribution in [0.5, 0.6) is 0 Å². The van der Waals surface area contributed by atoms with Gasteiger partial charge in [0.2, 0.25) is 15.0 Å². The predicted molar refractivity (Wildman–Crippen MR) is 105 cm³/mol. The van der Waals surface area contributed by atoms with Gasteiger partial charge in [0.1, 0.15) is 0 Å². The third-order valence-electron chi connectivity index (χ3n) is 4.27. The second-order valence-electron chi connectivity index (χ2n) is 6.69. The summed E-state index contributed by atoms with van der Waals surface area (Å²) in [5, 5.41) is -0.134. The van der Waals surface area contributed by atoms with Crippen LogP contribution in [0.15, 0.2) is 53.8 Å². The number of rotatable bonds is 5. The van der Waals surface area contributed by atoms with Crippen molar-refractivity contribution < 1.29 is 13.2 Å². The Hall–Kier alpha value is -2.87. The van der Waals surface area contributed by atoms with Crippen molar-refractivity contribution in [3.8, 4) is 0 Å². The van der Waals surface area contributed by atoms with E-state index in [-0.39, 0.29) is 16.8 Å². The van der Waals surface area contributed by atoms with E-state index < -0.39 is 9.84 Å². The molecule has 0 aliphatic carbocycles. The largest absolute Gasteiger partial charge is 0.378 e. The maximum atomic E-state index is 12.9. The second kappa shape index (κ2) is 7.03. The molecule has 0 bridgehead atoms. The van der Waals surface area contributed by atoms with Gasteiger partial charge in [-0.05, 0) is 29.8 Å². The van der Waals surface area contributed by atoms with Crippen molar-refractivity contribution in [2.45, 2.75) is 11.7 Å². The van der Waals surface area contributed by atoms with Gasteiger partial charge in [0.25, 0.3) is 5.91 Å². The van der Waals surface area contributed by atoms with E-state index in [1.165, 1.54) is 9.30 Å². The van der Waals surface area contributed by atoms with Crippen LogP contribution in [0, 0.1) is 0 Å². The van der Waals surface area contributed by atoms with Crippen LogP contribution in [0.4, 0.5) is 5.69 Å². The minimum atomic E-state index is -3.56. The molecule has 0 unspecified atom stereocenters. The van der Waals surface area contributed by atoms with Crippen LogP contribution in [-0.2, 0) is 16.4 Å². The number of aromatic nitrogens is 2. The highest BCUT2D eigenvalue weighted by Gasteiger charge is 2.24. The Bertz CT molecular complexity index is 1090. The molecule has 0 N–H and O–H groups in total. The van der Waals surface area contributed by atoms with Crippen molar-refractivity contribution in [2.24, 2.45) is 0 Å². The van der Waals surface area contributed by atoms with Gasteiger partial charge in [-0.25, -0.2) is 13.4 Å². The molecular weight excluding hydrogens is 364 g/mol. The van der Waals surface area contributed by atoms with E-state index in [4.69, 9.17) is 0 Å². The van der Waals surface area contributed by atoms with Crippen molar-refractivity contribution in [3.05, 3.63) is 59.9 Å². The monoisotopic (exact) mass is 386 g/mol. The molecule has 0 radical (unpaired) electrons. The molecule has 1 amide bonds. The van der Waals surface area contributed by atoms with Gasteiger partial charge in [-0.1, -0.05) is 18.2 Å². The first kappa shape index (κ1) is 18.9. The van der Waals surface area contributed by atoms with Crippen molar-refractivity contribution in [2.75, 3.05) is 32.3 Å². The standard InChI is InChI=1S/C19H22N4O3S/c1-21(2)15-10-8-14(9-11-15)13-22(3)18(24)17-16-7-5-6-12-23(16)19(20-17)27(4,25)26/h5-12H,13H2,1-4H3. The minimum absolute atomic E-state index is 0.128. The number of amides is 1. The van der Waals surface area contributed by atoms with E-state index in [0.717, 1.165) is 17.5 Å². The molecule has 142 valence electrons. The van der Waals surface area contributed by atoms with Crippen molar-refractivity contribution in [3.63, 3.8) is 0 Å². The van der Waals surface area contributed by atoms with Gasteiger partial charge >= 0.3 is 0 Å². The Kier molecular flexibility index (Phi) is 4.93. The number of hydrogen-bond acceptors (Lipinski definition) is 5. The van der Waals surface area contributed by atoms with Crippen molar-refractivity contribution in [1.29, 1.82) is 0 Å². The van der Waals surface area contributed by atoms with E-state index in [0.29, 0.717) is 12.1 Å². The van der Waals surface area contributed by atoms with Gasteiger partial charge in [-0.15, -0.1) is 0 Å². The van der Waals surface area contributed by atoms with E-state index in [9.17, 15) is 13.2 Å². The lowest BCUT2D eigenvalue weighted by Gasteiger charge is -2.17. The van der Waals surface area contributed by atoms with E-state index >= 15 is 0 Å². The highest BCUT2D eigenvalue weighted by atomic mass is 32.2. The Morgan fingerprint density at radius 1 is 1.07 bits per heavy atom. The Morgan fingerprint density at radius 3 is 2.33 bits per heavy atom. The lowest BCUT2D eigenvalue weighted by Crippen LogP contribution is -2.26. The number of nitrogens with zero attached hydrogens (tertiary/aromatic N) is 4.